The first-order chi connectivity index (χ1) is 8.88. The highest BCUT2D eigenvalue weighted by Gasteiger charge is 2.23. The minimum atomic E-state index is 0.686. The number of hydrogen-bond acceptors (Lipinski definition) is 3. The van der Waals surface area contributed by atoms with Gasteiger partial charge >= 0.3 is 0 Å². The van der Waals surface area contributed by atoms with Crippen LogP contribution in [0.5, 0.6) is 0 Å². The average molecular weight is 242 g/mol. The summed E-state index contributed by atoms with van der Waals surface area (Å²) in [5, 5.41) is 0. The Bertz CT molecular complexity index is 489. The number of hydrogen-bond donors (Lipinski definition) is 0. The van der Waals surface area contributed by atoms with Crippen LogP contribution in [0.15, 0.2) is 37.1 Å². The van der Waals surface area contributed by atoms with Gasteiger partial charge in [-0.2, -0.15) is 0 Å². The summed E-state index contributed by atoms with van der Waals surface area (Å²) < 4.78 is 1.92. The van der Waals surface area contributed by atoms with Crippen molar-refractivity contribution in [3.63, 3.8) is 0 Å². The lowest BCUT2D eigenvalue weighted by atomic mass is 10.1. The first kappa shape index (κ1) is 11.3. The minimum absolute atomic E-state index is 0.686. The fourth-order valence-electron chi connectivity index (χ4n) is 2.70. The summed E-state index contributed by atoms with van der Waals surface area (Å²) in [5.74, 6) is 0.920. The van der Waals surface area contributed by atoms with Gasteiger partial charge in [-0.1, -0.05) is 6.92 Å². The lowest BCUT2D eigenvalue weighted by molar-refractivity contribution is 0.645. The van der Waals surface area contributed by atoms with E-state index in [0.717, 1.165) is 12.4 Å². The van der Waals surface area contributed by atoms with E-state index >= 15 is 0 Å². The summed E-state index contributed by atoms with van der Waals surface area (Å²) >= 11 is 0. The van der Waals surface area contributed by atoms with Gasteiger partial charge in [-0.3, -0.25) is 4.57 Å². The van der Waals surface area contributed by atoms with Crippen molar-refractivity contribution in [1.29, 1.82) is 0 Å². The molecule has 4 heteroatoms. The highest BCUT2D eigenvalue weighted by Crippen LogP contribution is 2.26. The topological polar surface area (TPSA) is 34.0 Å². The second-order valence-corrected chi connectivity index (χ2v) is 4.74. The maximum Gasteiger partial charge on any atom is 0.137 e. The first-order valence-corrected chi connectivity index (χ1v) is 6.59. The van der Waals surface area contributed by atoms with Gasteiger partial charge in [0.05, 0.1) is 11.9 Å². The second-order valence-electron chi connectivity index (χ2n) is 4.74. The molecule has 0 bridgehead atoms. The quantitative estimate of drug-likeness (QED) is 0.829. The molecule has 3 heterocycles. The van der Waals surface area contributed by atoms with Crippen LogP contribution in [0.4, 0.5) is 5.69 Å². The van der Waals surface area contributed by atoms with Crippen LogP contribution in [0.1, 0.15) is 26.2 Å². The van der Waals surface area contributed by atoms with E-state index < -0.39 is 0 Å². The van der Waals surface area contributed by atoms with Crippen molar-refractivity contribution < 1.29 is 0 Å². The van der Waals surface area contributed by atoms with E-state index in [-0.39, 0.29) is 0 Å². The summed E-state index contributed by atoms with van der Waals surface area (Å²) in [4.78, 5) is 11.0. The van der Waals surface area contributed by atoms with Gasteiger partial charge in [-0.25, -0.2) is 9.97 Å². The summed E-state index contributed by atoms with van der Waals surface area (Å²) in [6, 6.07) is 4.91. The van der Waals surface area contributed by atoms with E-state index in [2.05, 4.69) is 33.9 Å². The monoisotopic (exact) mass is 242 g/mol. The average Bonchev–Trinajstić information content (AvgIpc) is 3.10. The molecule has 94 valence electrons. The SMILES string of the molecule is CCC1CCCN1c1ccc(-n2ccnc2)nc1. The summed E-state index contributed by atoms with van der Waals surface area (Å²) in [7, 11) is 0. The number of anilines is 1. The fraction of sp³-hybridized carbons (Fsp3) is 0.429. The van der Waals surface area contributed by atoms with E-state index in [9.17, 15) is 0 Å². The van der Waals surface area contributed by atoms with Gasteiger partial charge in [0.15, 0.2) is 0 Å². The van der Waals surface area contributed by atoms with Crippen molar-refractivity contribution in [2.24, 2.45) is 0 Å². The van der Waals surface area contributed by atoms with E-state index in [1.807, 2.05) is 17.0 Å². The number of nitrogens with zero attached hydrogens (tertiary/aromatic N) is 4. The van der Waals surface area contributed by atoms with Gasteiger partial charge in [0, 0.05) is 25.0 Å². The standard InChI is InChI=1S/C14H18N4/c1-2-12-4-3-8-18(12)13-5-6-14(16-10-13)17-9-7-15-11-17/h5-7,9-12H,2-4,8H2,1H3. The summed E-state index contributed by atoms with van der Waals surface area (Å²) in [5.41, 5.74) is 1.24. The zero-order valence-corrected chi connectivity index (χ0v) is 10.7. The van der Waals surface area contributed by atoms with E-state index in [0.29, 0.717) is 6.04 Å². The smallest absolute Gasteiger partial charge is 0.137 e. The molecule has 1 atom stereocenters. The molecule has 0 N–H and O–H groups in total. The highest BCUT2D eigenvalue weighted by molar-refractivity contribution is 5.48. The first-order valence-electron chi connectivity index (χ1n) is 6.59. The van der Waals surface area contributed by atoms with Crippen LogP contribution in [0.3, 0.4) is 0 Å². The third-order valence-corrected chi connectivity index (χ3v) is 3.68. The van der Waals surface area contributed by atoms with Gasteiger partial charge in [0.2, 0.25) is 0 Å². The maximum absolute atomic E-state index is 4.52. The number of aromatic nitrogens is 3. The van der Waals surface area contributed by atoms with Gasteiger partial charge in [-0.05, 0) is 31.4 Å². The van der Waals surface area contributed by atoms with Crippen LogP contribution in [-0.2, 0) is 0 Å². The van der Waals surface area contributed by atoms with Gasteiger partial charge in [0.1, 0.15) is 12.1 Å². The molecular formula is C14H18N4. The molecule has 0 aliphatic carbocycles. The molecule has 0 saturated carbocycles. The van der Waals surface area contributed by atoms with Crippen molar-refractivity contribution in [2.75, 3.05) is 11.4 Å². The molecule has 0 amide bonds. The molecule has 18 heavy (non-hydrogen) atoms. The Morgan fingerprint density at radius 1 is 1.39 bits per heavy atom. The zero-order valence-electron chi connectivity index (χ0n) is 10.7. The molecule has 0 spiro atoms. The lowest BCUT2D eigenvalue weighted by Crippen LogP contribution is -2.28. The predicted molar refractivity (Wildman–Crippen MR) is 72.0 cm³/mol. The Labute approximate surface area is 107 Å². The molecule has 2 aromatic rings. The molecule has 1 unspecified atom stereocenters. The van der Waals surface area contributed by atoms with Crippen molar-refractivity contribution in [3.05, 3.63) is 37.1 Å². The molecule has 4 nitrogen and oxygen atoms in total. The summed E-state index contributed by atoms with van der Waals surface area (Å²) in [6.07, 6.45) is 11.2. The Morgan fingerprint density at radius 3 is 3.00 bits per heavy atom. The van der Waals surface area contributed by atoms with E-state index in [1.54, 1.807) is 12.5 Å². The molecule has 2 aromatic heterocycles. The van der Waals surface area contributed by atoms with Crippen molar-refractivity contribution >= 4 is 5.69 Å². The molecule has 1 aliphatic rings. The van der Waals surface area contributed by atoms with Gasteiger partial charge < -0.3 is 4.90 Å². The number of pyridine rings is 1. The predicted octanol–water partition coefficient (Wildman–Crippen LogP) is 2.65. The molecule has 1 saturated heterocycles. The Morgan fingerprint density at radius 2 is 2.33 bits per heavy atom. The minimum Gasteiger partial charge on any atom is -0.367 e. The highest BCUT2D eigenvalue weighted by atomic mass is 15.2. The van der Waals surface area contributed by atoms with Crippen LogP contribution in [0.2, 0.25) is 0 Å². The van der Waals surface area contributed by atoms with Crippen LogP contribution < -0.4 is 4.90 Å². The Hall–Kier alpha value is -1.84. The second kappa shape index (κ2) is 4.80. The molecule has 1 aliphatic heterocycles. The van der Waals surface area contributed by atoms with E-state index in [1.165, 1.54) is 24.9 Å². The third-order valence-electron chi connectivity index (χ3n) is 3.68. The van der Waals surface area contributed by atoms with Crippen LogP contribution in [0, 0.1) is 0 Å². The van der Waals surface area contributed by atoms with Crippen LogP contribution in [0.25, 0.3) is 5.82 Å². The van der Waals surface area contributed by atoms with Crippen molar-refractivity contribution in [1.82, 2.24) is 14.5 Å². The normalized spacial score (nSPS) is 19.4. The van der Waals surface area contributed by atoms with Crippen LogP contribution in [-0.4, -0.2) is 27.1 Å². The molecular weight excluding hydrogens is 224 g/mol. The van der Waals surface area contributed by atoms with E-state index in [4.69, 9.17) is 0 Å². The molecule has 0 radical (unpaired) electrons. The number of imidazole rings is 1. The zero-order chi connectivity index (χ0) is 12.4. The van der Waals surface area contributed by atoms with Crippen molar-refractivity contribution in [2.45, 2.75) is 32.2 Å². The fourth-order valence-corrected chi connectivity index (χ4v) is 2.70. The van der Waals surface area contributed by atoms with Crippen LogP contribution >= 0.6 is 0 Å². The Balaban J connectivity index is 1.83. The largest absolute Gasteiger partial charge is 0.367 e. The van der Waals surface area contributed by atoms with Gasteiger partial charge in [0.25, 0.3) is 0 Å². The number of rotatable bonds is 3. The van der Waals surface area contributed by atoms with Crippen molar-refractivity contribution in [3.8, 4) is 5.82 Å². The maximum atomic E-state index is 4.52. The van der Waals surface area contributed by atoms with Gasteiger partial charge in [-0.15, -0.1) is 0 Å². The lowest BCUT2D eigenvalue weighted by Gasteiger charge is -2.25. The molecule has 3 rings (SSSR count). The Kier molecular flexibility index (Phi) is 3.00. The molecule has 0 aromatic carbocycles. The molecule has 1 fully saturated rings. The third kappa shape index (κ3) is 1.98. The summed E-state index contributed by atoms with van der Waals surface area (Å²) in [6.45, 7) is 3.42.